The van der Waals surface area contributed by atoms with Crippen molar-refractivity contribution in [3.63, 3.8) is 0 Å². The molecule has 55 heavy (non-hydrogen) atoms. The van der Waals surface area contributed by atoms with E-state index in [1.165, 1.54) is 24.3 Å². The molecule has 2 aliphatic carbocycles. The highest BCUT2D eigenvalue weighted by Gasteiger charge is 2.28. The average molecular weight is 749 g/mol. The van der Waals surface area contributed by atoms with Crippen molar-refractivity contribution in [1.82, 2.24) is 29.5 Å². The van der Waals surface area contributed by atoms with E-state index < -0.39 is 5.82 Å². The molecular formula is C42H42F2N6O5. The van der Waals surface area contributed by atoms with E-state index >= 15 is 0 Å². The van der Waals surface area contributed by atoms with Crippen LogP contribution in [0.5, 0.6) is 11.5 Å². The zero-order valence-corrected chi connectivity index (χ0v) is 31.0. The van der Waals surface area contributed by atoms with Gasteiger partial charge in [0.15, 0.2) is 11.6 Å². The Morgan fingerprint density at radius 1 is 0.673 bits per heavy atom. The van der Waals surface area contributed by atoms with Gasteiger partial charge in [0.05, 0.1) is 40.5 Å². The molecule has 11 nitrogen and oxygen atoms in total. The molecule has 0 amide bonds. The maximum Gasteiger partial charge on any atom is 0.167 e. The molecule has 0 spiro atoms. The number of aliphatic hydroxyl groups excluding tert-OH is 1. The van der Waals surface area contributed by atoms with Crippen molar-refractivity contribution in [1.29, 1.82) is 0 Å². The van der Waals surface area contributed by atoms with Gasteiger partial charge in [0.25, 0.3) is 0 Å². The summed E-state index contributed by atoms with van der Waals surface area (Å²) in [7, 11) is 0. The van der Waals surface area contributed by atoms with Gasteiger partial charge < -0.3 is 14.9 Å². The molecule has 0 radical (unpaired) electrons. The van der Waals surface area contributed by atoms with E-state index in [9.17, 15) is 28.6 Å². The third kappa shape index (κ3) is 8.21. The molecule has 0 unspecified atom stereocenters. The second-order valence-corrected chi connectivity index (χ2v) is 13.6. The Labute approximate surface area is 317 Å². The second-order valence-electron chi connectivity index (χ2n) is 13.6. The number of carbonyl (C=O) groups is 2. The molecule has 0 saturated carbocycles. The van der Waals surface area contributed by atoms with E-state index in [1.807, 2.05) is 45.8 Å². The number of benzene rings is 2. The van der Waals surface area contributed by atoms with E-state index in [-0.39, 0.29) is 54.0 Å². The first kappa shape index (κ1) is 38.6. The summed E-state index contributed by atoms with van der Waals surface area (Å²) in [5.41, 5.74) is 6.52. The molecule has 8 rings (SSSR count). The second kappa shape index (κ2) is 16.9. The van der Waals surface area contributed by atoms with Crippen LogP contribution in [0.3, 0.4) is 0 Å². The van der Waals surface area contributed by atoms with E-state index in [0.717, 1.165) is 33.9 Å². The standard InChI is InChI=1S/C21H20FN3O2.C12H15N3O.C9H7FO2/c1-13(2)25-17(9-11-24-25)21-14(4-3-10-23-21)12-27-19-8-6-16(22)15-5-7-18(26)20(15)19;1-9(2)15-11(5-7-14-15)12-10(8-16)4-3-6-13-12;10-6-2-4-8(12)9-5(6)1-3-7(9)11/h3-4,6,8-11,13H,5,7,12H2,1-2H3;3-7,9,16H,8H2,1-2H3;2,4,12H,1,3H2. The number of halogens is 2. The van der Waals surface area contributed by atoms with Gasteiger partial charge in [0.2, 0.25) is 0 Å². The van der Waals surface area contributed by atoms with Crippen molar-refractivity contribution in [3.8, 4) is 34.3 Å². The largest absolute Gasteiger partial charge is 0.507 e. The number of nitrogens with zero attached hydrogens (tertiary/aromatic N) is 6. The minimum atomic E-state index is -0.395. The number of rotatable bonds is 8. The molecule has 4 aromatic heterocycles. The number of hydrogen-bond acceptors (Lipinski definition) is 9. The van der Waals surface area contributed by atoms with Crippen LogP contribution in [-0.2, 0) is 26.1 Å². The fraction of sp³-hybridized carbons (Fsp3) is 0.286. The molecule has 0 fully saturated rings. The van der Waals surface area contributed by atoms with Gasteiger partial charge in [-0.3, -0.25) is 28.9 Å². The maximum atomic E-state index is 13.9. The summed E-state index contributed by atoms with van der Waals surface area (Å²) < 4.78 is 36.7. The number of carbonyl (C=O) groups excluding carboxylic acids is 2. The number of hydrogen-bond donors (Lipinski definition) is 2. The molecule has 2 aliphatic rings. The number of phenolic OH excluding ortho intramolecular Hbond substituents is 1. The van der Waals surface area contributed by atoms with Crippen LogP contribution in [0.4, 0.5) is 8.78 Å². The SMILES string of the molecule is CC(C)n1nccc1-c1ncccc1CO.CC(C)n1nccc1-c1ncccc1COc1ccc(F)c2c1C(=O)CC2.O=C1CCc2c(F)ccc(O)c21. The van der Waals surface area contributed by atoms with Crippen molar-refractivity contribution in [2.75, 3.05) is 0 Å². The number of ketones is 2. The topological polar surface area (TPSA) is 145 Å². The Kier molecular flexibility index (Phi) is 11.9. The Morgan fingerprint density at radius 2 is 1.18 bits per heavy atom. The molecule has 0 bridgehead atoms. The number of phenols is 1. The van der Waals surface area contributed by atoms with Crippen molar-refractivity contribution in [3.05, 3.63) is 130 Å². The molecule has 0 aliphatic heterocycles. The van der Waals surface area contributed by atoms with Crippen LogP contribution in [0, 0.1) is 11.6 Å². The molecule has 2 aromatic carbocycles. The van der Waals surface area contributed by atoms with Crippen LogP contribution in [0.25, 0.3) is 22.8 Å². The van der Waals surface area contributed by atoms with Gasteiger partial charge in [-0.25, -0.2) is 8.78 Å². The number of aromatic nitrogens is 6. The molecular weight excluding hydrogens is 706 g/mol. The van der Waals surface area contributed by atoms with Crippen LogP contribution in [0.2, 0.25) is 0 Å². The van der Waals surface area contributed by atoms with Crippen molar-refractivity contribution in [2.45, 2.75) is 78.7 Å². The zero-order valence-electron chi connectivity index (χ0n) is 31.0. The van der Waals surface area contributed by atoms with Crippen LogP contribution >= 0.6 is 0 Å². The Morgan fingerprint density at radius 3 is 1.73 bits per heavy atom. The molecule has 6 aromatic rings. The molecule has 284 valence electrons. The molecule has 13 heteroatoms. The maximum absolute atomic E-state index is 13.9. The summed E-state index contributed by atoms with van der Waals surface area (Å²) in [4.78, 5) is 32.1. The third-order valence-electron chi connectivity index (χ3n) is 9.35. The van der Waals surface area contributed by atoms with Crippen LogP contribution < -0.4 is 4.74 Å². The van der Waals surface area contributed by atoms with Gasteiger partial charge in [-0.15, -0.1) is 0 Å². The first-order chi connectivity index (χ1) is 26.5. The fourth-order valence-corrected chi connectivity index (χ4v) is 6.73. The summed E-state index contributed by atoms with van der Waals surface area (Å²) in [6.07, 6.45) is 8.45. The monoisotopic (exact) mass is 748 g/mol. The average Bonchev–Trinajstić information content (AvgIpc) is 4.01. The number of ether oxygens (including phenoxy) is 1. The highest BCUT2D eigenvalue weighted by atomic mass is 19.1. The summed E-state index contributed by atoms with van der Waals surface area (Å²) in [5, 5.41) is 27.1. The molecule has 2 N–H and O–H groups in total. The summed E-state index contributed by atoms with van der Waals surface area (Å²) >= 11 is 0. The summed E-state index contributed by atoms with van der Waals surface area (Å²) in [6, 6.07) is 17.1. The number of pyridine rings is 2. The van der Waals surface area contributed by atoms with Gasteiger partial charge in [-0.1, -0.05) is 12.1 Å². The van der Waals surface area contributed by atoms with E-state index in [4.69, 9.17) is 4.74 Å². The van der Waals surface area contributed by atoms with Gasteiger partial charge in [-0.2, -0.15) is 10.2 Å². The lowest BCUT2D eigenvalue weighted by Gasteiger charge is -2.15. The predicted octanol–water partition coefficient (Wildman–Crippen LogP) is 8.05. The fourth-order valence-electron chi connectivity index (χ4n) is 6.73. The van der Waals surface area contributed by atoms with Crippen molar-refractivity contribution in [2.24, 2.45) is 0 Å². The van der Waals surface area contributed by atoms with Crippen LogP contribution in [0.15, 0.2) is 85.5 Å². The Hall–Kier alpha value is -6.08. The normalized spacial score (nSPS) is 13.0. The Balaban J connectivity index is 0.000000155. The van der Waals surface area contributed by atoms with Crippen LogP contribution in [0.1, 0.15) is 95.6 Å². The number of fused-ring (bicyclic) bond motifs is 2. The predicted molar refractivity (Wildman–Crippen MR) is 202 cm³/mol. The minimum Gasteiger partial charge on any atom is -0.507 e. The van der Waals surface area contributed by atoms with Crippen LogP contribution in [-0.4, -0.2) is 51.3 Å². The summed E-state index contributed by atoms with van der Waals surface area (Å²) in [6.45, 7) is 8.48. The first-order valence-corrected chi connectivity index (χ1v) is 18.1. The molecule has 0 atom stereocenters. The van der Waals surface area contributed by atoms with Gasteiger partial charge in [-0.05, 0) is 89.1 Å². The smallest absolute Gasteiger partial charge is 0.167 e. The minimum absolute atomic E-state index is 0.00749. The number of aliphatic hydroxyl groups is 1. The third-order valence-corrected chi connectivity index (χ3v) is 9.35. The van der Waals surface area contributed by atoms with E-state index in [0.29, 0.717) is 48.1 Å². The summed E-state index contributed by atoms with van der Waals surface area (Å²) in [5.74, 6) is -0.638. The van der Waals surface area contributed by atoms with Crippen molar-refractivity contribution >= 4 is 11.6 Å². The lowest BCUT2D eigenvalue weighted by atomic mass is 10.1. The highest BCUT2D eigenvalue weighted by molar-refractivity contribution is 6.03. The van der Waals surface area contributed by atoms with Gasteiger partial charge >= 0.3 is 0 Å². The van der Waals surface area contributed by atoms with E-state index in [2.05, 4.69) is 47.9 Å². The van der Waals surface area contributed by atoms with E-state index in [1.54, 1.807) is 24.8 Å². The number of aromatic hydroxyl groups is 1. The van der Waals surface area contributed by atoms with Gasteiger partial charge in [0.1, 0.15) is 29.7 Å². The highest BCUT2D eigenvalue weighted by Crippen LogP contribution is 2.34. The zero-order chi connectivity index (χ0) is 39.2. The van der Waals surface area contributed by atoms with Crippen molar-refractivity contribution < 1.29 is 33.3 Å². The first-order valence-electron chi connectivity index (χ1n) is 18.1. The molecule has 4 heterocycles. The lowest BCUT2D eigenvalue weighted by molar-refractivity contribution is 0.0983. The lowest BCUT2D eigenvalue weighted by Crippen LogP contribution is -2.08. The quantitative estimate of drug-likeness (QED) is 0.158. The Bertz CT molecular complexity index is 2330. The van der Waals surface area contributed by atoms with Gasteiger partial charge in [0, 0.05) is 72.0 Å². The molecule has 0 saturated heterocycles. The number of Topliss-reactive ketones (excluding diaryl/α,β-unsaturated/α-hetero) is 2.